The second-order valence-electron chi connectivity index (χ2n) is 6.79. The highest BCUT2D eigenvalue weighted by molar-refractivity contribution is 7.89. The van der Waals surface area contributed by atoms with Gasteiger partial charge in [-0.3, -0.25) is 4.79 Å². The van der Waals surface area contributed by atoms with Crippen molar-refractivity contribution < 1.29 is 17.9 Å². The predicted molar refractivity (Wildman–Crippen MR) is 104 cm³/mol. The summed E-state index contributed by atoms with van der Waals surface area (Å²) in [6.07, 6.45) is 0. The second-order valence-corrected chi connectivity index (χ2v) is 8.68. The van der Waals surface area contributed by atoms with Crippen LogP contribution in [-0.4, -0.2) is 44.4 Å². The fourth-order valence-electron chi connectivity index (χ4n) is 3.20. The van der Waals surface area contributed by atoms with Gasteiger partial charge >= 0.3 is 0 Å². The molecule has 1 saturated heterocycles. The van der Waals surface area contributed by atoms with Gasteiger partial charge in [-0.2, -0.15) is 4.31 Å². The molecule has 2 aromatic carbocycles. The molecule has 0 aliphatic carbocycles. The molecule has 1 aliphatic heterocycles. The molecule has 144 valence electrons. The highest BCUT2D eigenvalue weighted by Gasteiger charge is 2.31. The molecule has 27 heavy (non-hydrogen) atoms. The lowest BCUT2D eigenvalue weighted by molar-refractivity contribution is 0.0393. The Balaban J connectivity index is 1.88. The maximum atomic E-state index is 13.0. The number of benzene rings is 2. The minimum absolute atomic E-state index is 0.116. The highest BCUT2D eigenvalue weighted by atomic mass is 32.2. The summed E-state index contributed by atoms with van der Waals surface area (Å²) >= 11 is 0. The minimum Gasteiger partial charge on any atom is -0.378 e. The van der Waals surface area contributed by atoms with Crippen molar-refractivity contribution in [3.63, 3.8) is 0 Å². The Labute approximate surface area is 160 Å². The van der Waals surface area contributed by atoms with E-state index in [1.54, 1.807) is 12.1 Å². The minimum atomic E-state index is -3.68. The van der Waals surface area contributed by atoms with Gasteiger partial charge in [-0.05, 0) is 50.1 Å². The third-order valence-corrected chi connectivity index (χ3v) is 6.74. The van der Waals surface area contributed by atoms with Crippen molar-refractivity contribution in [2.75, 3.05) is 25.1 Å². The summed E-state index contributed by atoms with van der Waals surface area (Å²) in [7, 11) is -3.68. The molecule has 1 atom stereocenters. The molecular weight excluding hydrogens is 364 g/mol. The number of ether oxygens (including phenoxy) is 1. The summed E-state index contributed by atoms with van der Waals surface area (Å²) in [5.41, 5.74) is 2.96. The molecule has 2 aromatic rings. The number of anilines is 1. The lowest BCUT2D eigenvalue weighted by atomic mass is 10.1. The number of nitrogens with zero attached hydrogens (tertiary/aromatic N) is 1. The molecule has 0 aromatic heterocycles. The van der Waals surface area contributed by atoms with E-state index in [9.17, 15) is 13.2 Å². The average Bonchev–Trinajstić information content (AvgIpc) is 2.65. The number of sulfonamides is 1. The molecular formula is C20H24N2O4S. The Bertz CT molecular complexity index is 936. The molecule has 6 nitrogen and oxygen atoms in total. The molecule has 1 N–H and O–H groups in total. The first-order valence-electron chi connectivity index (χ1n) is 8.88. The van der Waals surface area contributed by atoms with E-state index >= 15 is 0 Å². The van der Waals surface area contributed by atoms with Crippen LogP contribution in [0.5, 0.6) is 0 Å². The molecule has 0 bridgehead atoms. The van der Waals surface area contributed by atoms with Crippen LogP contribution in [0.2, 0.25) is 0 Å². The topological polar surface area (TPSA) is 75.7 Å². The summed E-state index contributed by atoms with van der Waals surface area (Å²) in [6.45, 7) is 6.70. The third-order valence-electron chi connectivity index (χ3n) is 4.73. The first kappa shape index (κ1) is 19.5. The second kappa shape index (κ2) is 7.80. The van der Waals surface area contributed by atoms with Crippen LogP contribution in [0.4, 0.5) is 5.69 Å². The van der Waals surface area contributed by atoms with Gasteiger partial charge in [0.25, 0.3) is 5.91 Å². The van der Waals surface area contributed by atoms with Crippen LogP contribution in [0.15, 0.2) is 47.4 Å². The summed E-state index contributed by atoms with van der Waals surface area (Å²) in [5, 5.41) is 2.89. The molecule has 0 spiro atoms. The summed E-state index contributed by atoms with van der Waals surface area (Å²) in [6, 6.07) is 11.7. The zero-order chi connectivity index (χ0) is 19.6. The van der Waals surface area contributed by atoms with Gasteiger partial charge in [0.05, 0.1) is 18.1 Å². The van der Waals surface area contributed by atoms with Crippen molar-refractivity contribution in [2.24, 2.45) is 0 Å². The van der Waals surface area contributed by atoms with Crippen LogP contribution in [0, 0.1) is 13.8 Å². The van der Waals surface area contributed by atoms with Crippen molar-refractivity contribution in [1.82, 2.24) is 4.31 Å². The van der Waals surface area contributed by atoms with Gasteiger partial charge in [0.2, 0.25) is 10.0 Å². The van der Waals surface area contributed by atoms with Gasteiger partial charge < -0.3 is 10.1 Å². The lowest BCUT2D eigenvalue weighted by Crippen LogP contribution is -2.46. The van der Waals surface area contributed by atoms with E-state index in [-0.39, 0.29) is 16.8 Å². The van der Waals surface area contributed by atoms with Gasteiger partial charge in [-0.15, -0.1) is 0 Å². The number of amides is 1. The van der Waals surface area contributed by atoms with Crippen molar-refractivity contribution in [3.05, 3.63) is 59.2 Å². The van der Waals surface area contributed by atoms with Crippen LogP contribution in [0.25, 0.3) is 0 Å². The largest absolute Gasteiger partial charge is 0.378 e. The first-order chi connectivity index (χ1) is 12.8. The first-order valence-corrected chi connectivity index (χ1v) is 10.3. The third kappa shape index (κ3) is 4.05. The zero-order valence-electron chi connectivity index (χ0n) is 15.7. The van der Waals surface area contributed by atoms with Crippen LogP contribution in [-0.2, 0) is 14.8 Å². The number of morpholine rings is 1. The SMILES string of the molecule is Cc1cccc(C)c1NC(=O)c1cccc(S(=O)(=O)N2CCOCC2C)c1. The molecule has 3 rings (SSSR count). The molecule has 1 heterocycles. The maximum absolute atomic E-state index is 13.0. The number of para-hydroxylation sites is 1. The zero-order valence-corrected chi connectivity index (χ0v) is 16.5. The van der Waals surface area contributed by atoms with E-state index in [4.69, 9.17) is 4.74 Å². The molecule has 1 amide bonds. The molecule has 0 saturated carbocycles. The van der Waals surface area contributed by atoms with E-state index in [1.807, 2.05) is 39.0 Å². The summed E-state index contributed by atoms with van der Waals surface area (Å²) < 4.78 is 32.7. The van der Waals surface area contributed by atoms with E-state index in [2.05, 4.69) is 5.32 Å². The normalized spacial score (nSPS) is 18.3. The number of aryl methyl sites for hydroxylation is 2. The van der Waals surface area contributed by atoms with Crippen molar-refractivity contribution in [1.29, 1.82) is 0 Å². The lowest BCUT2D eigenvalue weighted by Gasteiger charge is -2.32. The Morgan fingerprint density at radius 2 is 1.81 bits per heavy atom. The van der Waals surface area contributed by atoms with E-state index in [1.165, 1.54) is 16.4 Å². The Kier molecular flexibility index (Phi) is 5.64. The number of carbonyl (C=O) groups is 1. The van der Waals surface area contributed by atoms with E-state index < -0.39 is 10.0 Å². The van der Waals surface area contributed by atoms with Gasteiger partial charge in [-0.1, -0.05) is 24.3 Å². The van der Waals surface area contributed by atoms with Gasteiger partial charge in [-0.25, -0.2) is 8.42 Å². The van der Waals surface area contributed by atoms with Crippen molar-refractivity contribution >= 4 is 21.6 Å². The van der Waals surface area contributed by atoms with E-state index in [0.29, 0.717) is 25.3 Å². The van der Waals surface area contributed by atoms with Crippen LogP contribution < -0.4 is 5.32 Å². The van der Waals surface area contributed by atoms with Crippen LogP contribution >= 0.6 is 0 Å². The van der Waals surface area contributed by atoms with Crippen LogP contribution in [0.3, 0.4) is 0 Å². The molecule has 1 aliphatic rings. The van der Waals surface area contributed by atoms with Crippen molar-refractivity contribution in [3.8, 4) is 0 Å². The number of nitrogens with one attached hydrogen (secondary N) is 1. The monoisotopic (exact) mass is 388 g/mol. The number of hydrogen-bond donors (Lipinski definition) is 1. The smallest absolute Gasteiger partial charge is 0.255 e. The van der Waals surface area contributed by atoms with Gasteiger partial charge in [0.15, 0.2) is 0 Å². The fraction of sp³-hybridized carbons (Fsp3) is 0.350. The molecule has 1 fully saturated rings. The van der Waals surface area contributed by atoms with Gasteiger partial charge in [0.1, 0.15) is 0 Å². The van der Waals surface area contributed by atoms with Crippen LogP contribution in [0.1, 0.15) is 28.4 Å². The number of hydrogen-bond acceptors (Lipinski definition) is 4. The Morgan fingerprint density at radius 3 is 2.48 bits per heavy atom. The summed E-state index contributed by atoms with van der Waals surface area (Å²) in [5.74, 6) is -0.334. The molecule has 1 unspecified atom stereocenters. The average molecular weight is 388 g/mol. The Hall–Kier alpha value is -2.22. The molecule has 0 radical (unpaired) electrons. The maximum Gasteiger partial charge on any atom is 0.255 e. The highest BCUT2D eigenvalue weighted by Crippen LogP contribution is 2.23. The fourth-order valence-corrected chi connectivity index (χ4v) is 4.85. The quantitative estimate of drug-likeness (QED) is 0.874. The predicted octanol–water partition coefficient (Wildman–Crippen LogP) is 2.97. The number of rotatable bonds is 4. The van der Waals surface area contributed by atoms with Gasteiger partial charge in [0, 0.05) is 23.8 Å². The standard InChI is InChI=1S/C20H24N2O4S/c1-14-6-4-7-15(2)19(14)21-20(23)17-8-5-9-18(12-17)27(24,25)22-10-11-26-13-16(22)3/h4-9,12,16H,10-11,13H2,1-3H3,(H,21,23). The van der Waals surface area contributed by atoms with E-state index in [0.717, 1.165) is 16.8 Å². The number of carbonyl (C=O) groups excluding carboxylic acids is 1. The summed E-state index contributed by atoms with van der Waals surface area (Å²) in [4.78, 5) is 12.8. The van der Waals surface area contributed by atoms with Crippen molar-refractivity contribution in [2.45, 2.75) is 31.7 Å². The Morgan fingerprint density at radius 1 is 1.15 bits per heavy atom. The molecule has 7 heteroatoms.